The fourth-order valence-corrected chi connectivity index (χ4v) is 14.0. The molecule has 9 aliphatic rings. The summed E-state index contributed by atoms with van der Waals surface area (Å²) in [5.74, 6) is 2.82. The number of ether oxygens (including phenoxy) is 8. The molecule has 0 bridgehead atoms. The molecule has 8 fully saturated rings. The third-order valence-electron chi connectivity index (χ3n) is 17.6. The summed E-state index contributed by atoms with van der Waals surface area (Å²) < 4.78 is 49.0. The van der Waals surface area contributed by atoms with Gasteiger partial charge in [-0.3, -0.25) is 0 Å². The summed E-state index contributed by atoms with van der Waals surface area (Å²) in [4.78, 5) is 0. The van der Waals surface area contributed by atoms with Crippen molar-refractivity contribution in [2.24, 2.45) is 46.3 Å². The van der Waals surface area contributed by atoms with Crippen molar-refractivity contribution in [3.63, 3.8) is 0 Å². The van der Waals surface area contributed by atoms with Crippen LogP contribution in [-0.2, 0) is 37.9 Å². The number of aliphatic hydroxyl groups is 8. The van der Waals surface area contributed by atoms with Crippen LogP contribution in [0, 0.1) is 46.3 Å². The molecule has 16 nitrogen and oxygen atoms in total. The van der Waals surface area contributed by atoms with Crippen molar-refractivity contribution >= 4 is 0 Å². The van der Waals surface area contributed by atoms with Gasteiger partial charge < -0.3 is 78.7 Å². The number of aliphatic hydroxyl groups excluding tert-OH is 8. The molecule has 0 radical (unpaired) electrons. The molecule has 348 valence electrons. The Bertz CT molecular complexity index is 1590. The summed E-state index contributed by atoms with van der Waals surface area (Å²) in [5, 5.41) is 85.9. The first-order chi connectivity index (χ1) is 28.9. The fraction of sp³-hybridized carbons (Fsp3) is 0.956. The highest BCUT2D eigenvalue weighted by atomic mass is 16.8. The maximum Gasteiger partial charge on any atom is 0.187 e. The molecule has 26 atom stereocenters. The summed E-state index contributed by atoms with van der Waals surface area (Å²) in [6.45, 7) is 12.8. The quantitative estimate of drug-likeness (QED) is 0.168. The molecule has 3 saturated carbocycles. The topological polar surface area (TPSA) is 236 Å². The van der Waals surface area contributed by atoms with Gasteiger partial charge in [-0.05, 0) is 106 Å². The van der Waals surface area contributed by atoms with Crippen LogP contribution in [0.4, 0.5) is 0 Å². The third kappa shape index (κ3) is 7.42. The second kappa shape index (κ2) is 16.8. The molecule has 5 heterocycles. The maximum atomic E-state index is 11.4. The van der Waals surface area contributed by atoms with Gasteiger partial charge in [0.05, 0.1) is 37.6 Å². The summed E-state index contributed by atoms with van der Waals surface area (Å²) in [7, 11) is 0. The van der Waals surface area contributed by atoms with Gasteiger partial charge in [0.2, 0.25) is 0 Å². The normalized spacial score (nSPS) is 58.4. The Morgan fingerprint density at radius 1 is 0.689 bits per heavy atom. The lowest BCUT2D eigenvalue weighted by Crippen LogP contribution is -2.65. The summed E-state index contributed by atoms with van der Waals surface area (Å²) >= 11 is 0. The number of rotatable bonds is 7. The van der Waals surface area contributed by atoms with Crippen LogP contribution in [0.15, 0.2) is 11.6 Å². The van der Waals surface area contributed by atoms with E-state index in [4.69, 9.17) is 37.9 Å². The van der Waals surface area contributed by atoms with E-state index in [1.165, 1.54) is 32.3 Å². The standard InChI is InChI=1S/C45H72O16/c1-19-9-14-45(54-18-19)20(2)30-28(61-45)16-27-25-8-7-23-15-24(10-12-43(23,5)26(25)11-13-44(27,30)6)57-42-37(53)34(50)39(29(17-46)58-42)60-41-36(52)33(49)38(22(4)56-41)59-40-35(51)32(48)31(47)21(3)55-40/h7,19-22,24-42,46-53H,8-18H2,1-6H3. The Balaban J connectivity index is 0.809. The monoisotopic (exact) mass is 868 g/mol. The highest BCUT2D eigenvalue weighted by molar-refractivity contribution is 5.26. The maximum absolute atomic E-state index is 11.4. The molecular weight excluding hydrogens is 796 g/mol. The van der Waals surface area contributed by atoms with Crippen molar-refractivity contribution < 1.29 is 78.7 Å². The van der Waals surface area contributed by atoms with Crippen molar-refractivity contribution in [1.29, 1.82) is 0 Å². The molecule has 16 heteroatoms. The molecule has 5 aliphatic heterocycles. The van der Waals surface area contributed by atoms with Crippen LogP contribution in [0.1, 0.15) is 99.3 Å². The number of hydrogen-bond acceptors (Lipinski definition) is 16. The SMILES string of the molecule is CC1CCC2(OC1)OC1CC3C4CC=C5CC(OC6OC(CO)C(OC7OC(C)C(OC8OC(C)C(O)C(O)C8O)C(O)C7O)C(O)C6O)CCC5(C)C4CCC3(C)C1C2C. The van der Waals surface area contributed by atoms with E-state index in [1.807, 2.05) is 0 Å². The van der Waals surface area contributed by atoms with Crippen LogP contribution in [0.25, 0.3) is 0 Å². The molecule has 5 saturated heterocycles. The van der Waals surface area contributed by atoms with E-state index in [-0.39, 0.29) is 23.0 Å². The van der Waals surface area contributed by atoms with Crippen LogP contribution in [0.2, 0.25) is 0 Å². The molecule has 1 spiro atoms. The lowest BCUT2D eigenvalue weighted by molar-refractivity contribution is -0.376. The molecule has 9 rings (SSSR count). The molecule has 0 aromatic carbocycles. The van der Waals surface area contributed by atoms with Crippen molar-refractivity contribution in [3.8, 4) is 0 Å². The van der Waals surface area contributed by atoms with Gasteiger partial charge in [-0.2, -0.15) is 0 Å². The van der Waals surface area contributed by atoms with Gasteiger partial charge in [0.15, 0.2) is 24.7 Å². The van der Waals surface area contributed by atoms with E-state index in [9.17, 15) is 40.9 Å². The van der Waals surface area contributed by atoms with E-state index >= 15 is 0 Å². The predicted octanol–water partition coefficient (Wildman–Crippen LogP) is 1.24. The van der Waals surface area contributed by atoms with Gasteiger partial charge in [0.25, 0.3) is 0 Å². The highest BCUT2D eigenvalue weighted by Gasteiger charge is 2.69. The first-order valence-corrected chi connectivity index (χ1v) is 23.2. The van der Waals surface area contributed by atoms with Crippen LogP contribution >= 0.6 is 0 Å². The van der Waals surface area contributed by atoms with Crippen LogP contribution in [-0.4, -0.2) is 164 Å². The number of hydrogen-bond donors (Lipinski definition) is 8. The first kappa shape index (κ1) is 45.3. The van der Waals surface area contributed by atoms with Crippen LogP contribution in [0.3, 0.4) is 0 Å². The summed E-state index contributed by atoms with van der Waals surface area (Å²) in [5.41, 5.74) is 1.65. The van der Waals surface area contributed by atoms with Gasteiger partial charge in [-0.15, -0.1) is 0 Å². The summed E-state index contributed by atoms with van der Waals surface area (Å²) in [6, 6.07) is 0. The minimum atomic E-state index is -1.75. The Labute approximate surface area is 358 Å². The molecule has 8 N–H and O–H groups in total. The molecular formula is C45H72O16. The molecule has 0 aromatic rings. The summed E-state index contributed by atoms with van der Waals surface area (Å²) in [6.07, 6.45) is -9.64. The van der Waals surface area contributed by atoms with Gasteiger partial charge in [0, 0.05) is 12.3 Å². The predicted molar refractivity (Wildman–Crippen MR) is 213 cm³/mol. The van der Waals surface area contributed by atoms with Crippen molar-refractivity contribution in [2.45, 2.75) is 209 Å². The van der Waals surface area contributed by atoms with E-state index in [0.29, 0.717) is 41.9 Å². The van der Waals surface area contributed by atoms with Crippen LogP contribution in [0.5, 0.6) is 0 Å². The van der Waals surface area contributed by atoms with E-state index in [2.05, 4.69) is 33.8 Å². The van der Waals surface area contributed by atoms with Gasteiger partial charge >= 0.3 is 0 Å². The zero-order valence-electron chi connectivity index (χ0n) is 36.5. The van der Waals surface area contributed by atoms with Gasteiger partial charge in [-0.25, -0.2) is 0 Å². The van der Waals surface area contributed by atoms with E-state index < -0.39 is 105 Å². The average Bonchev–Trinajstić information content (AvgIpc) is 3.68. The molecule has 61 heavy (non-hydrogen) atoms. The second-order valence-corrected chi connectivity index (χ2v) is 21.1. The smallest absolute Gasteiger partial charge is 0.187 e. The number of allylic oxidation sites excluding steroid dienone is 1. The highest BCUT2D eigenvalue weighted by Crippen LogP contribution is 2.70. The third-order valence-corrected chi connectivity index (χ3v) is 17.6. The fourth-order valence-electron chi connectivity index (χ4n) is 14.0. The average molecular weight is 869 g/mol. The zero-order chi connectivity index (χ0) is 43.5. The van der Waals surface area contributed by atoms with Gasteiger partial charge in [0.1, 0.15) is 61.0 Å². The van der Waals surface area contributed by atoms with Crippen molar-refractivity contribution in [2.75, 3.05) is 13.2 Å². The first-order valence-electron chi connectivity index (χ1n) is 23.2. The van der Waals surface area contributed by atoms with Crippen molar-refractivity contribution in [3.05, 3.63) is 11.6 Å². The lowest BCUT2D eigenvalue weighted by atomic mass is 9.47. The van der Waals surface area contributed by atoms with Crippen LogP contribution < -0.4 is 0 Å². The van der Waals surface area contributed by atoms with E-state index in [0.717, 1.165) is 45.1 Å². The molecule has 26 unspecified atom stereocenters. The Morgan fingerprint density at radius 2 is 1.34 bits per heavy atom. The lowest BCUT2D eigenvalue weighted by Gasteiger charge is -2.58. The van der Waals surface area contributed by atoms with Crippen molar-refractivity contribution in [1.82, 2.24) is 0 Å². The Kier molecular flexibility index (Phi) is 12.4. The molecule has 0 aromatic heterocycles. The van der Waals surface area contributed by atoms with E-state index in [1.54, 1.807) is 0 Å². The van der Waals surface area contributed by atoms with Gasteiger partial charge in [-0.1, -0.05) is 39.3 Å². The zero-order valence-corrected chi connectivity index (χ0v) is 36.5. The largest absolute Gasteiger partial charge is 0.394 e. The Hall–Kier alpha value is -0.900. The minimum Gasteiger partial charge on any atom is -0.394 e. The molecule has 4 aliphatic carbocycles. The minimum absolute atomic E-state index is 0.0359. The molecule has 0 amide bonds. The Morgan fingerprint density at radius 3 is 2.03 bits per heavy atom. The second-order valence-electron chi connectivity index (χ2n) is 21.1. The number of fused-ring (bicyclic) bond motifs is 7.